The Bertz CT molecular complexity index is 701. The molecule has 20 heavy (non-hydrogen) atoms. The Labute approximate surface area is 115 Å². The molecule has 0 bridgehead atoms. The number of carbonyl (C=O) groups is 1. The van der Waals surface area contributed by atoms with Gasteiger partial charge in [0.25, 0.3) is 5.91 Å². The number of carbonyl (C=O) groups excluding carboxylic acids is 1. The van der Waals surface area contributed by atoms with Crippen molar-refractivity contribution in [1.82, 2.24) is 4.90 Å². The van der Waals surface area contributed by atoms with Crippen LogP contribution in [-0.2, 0) is 13.0 Å². The quantitative estimate of drug-likeness (QED) is 0.795. The van der Waals surface area contributed by atoms with E-state index in [0.717, 1.165) is 23.2 Å². The van der Waals surface area contributed by atoms with Crippen LogP contribution >= 0.6 is 0 Å². The van der Waals surface area contributed by atoms with Gasteiger partial charge in [-0.2, -0.15) is 0 Å². The molecule has 0 saturated heterocycles. The smallest absolute Gasteiger partial charge is 0.335 e. The molecule has 5 heteroatoms. The molecule has 0 radical (unpaired) electrons. The first-order valence-corrected chi connectivity index (χ1v) is 6.39. The Morgan fingerprint density at radius 1 is 1.25 bits per heavy atom. The lowest BCUT2D eigenvalue weighted by Crippen LogP contribution is -2.36. The standard InChI is InChI=1S/C15H14N2O3/c16-13-3-1-2-10-8-17(7-6-12(10)13)15(19)11-4-5-14(18)20-9-11/h1-5,9H,6-8,16H2. The van der Waals surface area contributed by atoms with Crippen LogP contribution in [0.1, 0.15) is 21.5 Å². The first kappa shape index (κ1) is 12.5. The zero-order chi connectivity index (χ0) is 14.1. The molecule has 0 saturated carbocycles. The average Bonchev–Trinajstić information content (AvgIpc) is 2.47. The van der Waals surface area contributed by atoms with Gasteiger partial charge in [0.15, 0.2) is 0 Å². The summed E-state index contributed by atoms with van der Waals surface area (Å²) in [6.07, 6.45) is 1.95. The Morgan fingerprint density at radius 2 is 2.10 bits per heavy atom. The number of hydrogen-bond acceptors (Lipinski definition) is 4. The van der Waals surface area contributed by atoms with E-state index < -0.39 is 5.63 Å². The number of nitrogens with two attached hydrogens (primary N) is 1. The molecule has 2 N–H and O–H groups in total. The van der Waals surface area contributed by atoms with Crippen molar-refractivity contribution in [3.8, 4) is 0 Å². The van der Waals surface area contributed by atoms with E-state index in [-0.39, 0.29) is 5.91 Å². The van der Waals surface area contributed by atoms with E-state index in [1.807, 2.05) is 18.2 Å². The van der Waals surface area contributed by atoms with Crippen LogP contribution in [-0.4, -0.2) is 17.4 Å². The topological polar surface area (TPSA) is 76.5 Å². The van der Waals surface area contributed by atoms with Crippen LogP contribution in [0.15, 0.2) is 45.8 Å². The maximum absolute atomic E-state index is 12.3. The molecule has 3 rings (SSSR count). The molecule has 0 unspecified atom stereocenters. The number of amides is 1. The van der Waals surface area contributed by atoms with Gasteiger partial charge in [0.2, 0.25) is 0 Å². The summed E-state index contributed by atoms with van der Waals surface area (Å²) in [7, 11) is 0. The second-order valence-electron chi connectivity index (χ2n) is 4.81. The molecule has 102 valence electrons. The van der Waals surface area contributed by atoms with Gasteiger partial charge < -0.3 is 15.1 Å². The molecule has 5 nitrogen and oxygen atoms in total. The van der Waals surface area contributed by atoms with Gasteiger partial charge in [0.05, 0.1) is 5.56 Å². The van der Waals surface area contributed by atoms with Crippen LogP contribution in [0, 0.1) is 0 Å². The minimum absolute atomic E-state index is 0.137. The lowest BCUT2D eigenvalue weighted by atomic mass is 9.97. The van der Waals surface area contributed by atoms with Gasteiger partial charge >= 0.3 is 5.63 Å². The lowest BCUT2D eigenvalue weighted by Gasteiger charge is -2.29. The van der Waals surface area contributed by atoms with E-state index in [0.29, 0.717) is 18.7 Å². The van der Waals surface area contributed by atoms with Gasteiger partial charge in [-0.05, 0) is 29.7 Å². The normalized spacial score (nSPS) is 13.9. The highest BCUT2D eigenvalue weighted by atomic mass is 16.4. The van der Waals surface area contributed by atoms with Gasteiger partial charge in [-0.1, -0.05) is 12.1 Å². The van der Waals surface area contributed by atoms with E-state index in [4.69, 9.17) is 10.2 Å². The fraction of sp³-hybridized carbons (Fsp3) is 0.200. The fourth-order valence-electron chi connectivity index (χ4n) is 2.47. The highest BCUT2D eigenvalue weighted by molar-refractivity contribution is 5.93. The highest BCUT2D eigenvalue weighted by Crippen LogP contribution is 2.24. The lowest BCUT2D eigenvalue weighted by molar-refractivity contribution is 0.0732. The first-order valence-electron chi connectivity index (χ1n) is 6.39. The molecule has 0 atom stereocenters. The second-order valence-corrected chi connectivity index (χ2v) is 4.81. The van der Waals surface area contributed by atoms with Crippen molar-refractivity contribution in [3.05, 3.63) is 63.7 Å². The Balaban J connectivity index is 1.85. The molecule has 1 aliphatic heterocycles. The summed E-state index contributed by atoms with van der Waals surface area (Å²) in [6, 6.07) is 8.49. The molecule has 2 heterocycles. The monoisotopic (exact) mass is 270 g/mol. The van der Waals surface area contributed by atoms with E-state index >= 15 is 0 Å². The Hall–Kier alpha value is -2.56. The summed E-state index contributed by atoms with van der Waals surface area (Å²) in [6.45, 7) is 1.14. The molecule has 0 fully saturated rings. The molecule has 1 aromatic heterocycles. The average molecular weight is 270 g/mol. The number of anilines is 1. The molecular formula is C15H14N2O3. The number of hydrogen-bond donors (Lipinski definition) is 1. The van der Waals surface area contributed by atoms with Crippen LogP contribution in [0.25, 0.3) is 0 Å². The van der Waals surface area contributed by atoms with Gasteiger partial charge in [-0.25, -0.2) is 4.79 Å². The maximum Gasteiger partial charge on any atom is 0.335 e. The van der Waals surface area contributed by atoms with E-state index in [9.17, 15) is 9.59 Å². The Morgan fingerprint density at radius 3 is 2.85 bits per heavy atom. The van der Waals surface area contributed by atoms with Crippen molar-refractivity contribution in [2.24, 2.45) is 0 Å². The zero-order valence-electron chi connectivity index (χ0n) is 10.8. The number of benzene rings is 1. The summed E-state index contributed by atoms with van der Waals surface area (Å²) < 4.78 is 4.74. The van der Waals surface area contributed by atoms with Gasteiger partial charge in [0.1, 0.15) is 6.26 Å². The number of nitrogen functional groups attached to an aromatic ring is 1. The molecule has 1 aliphatic rings. The largest absolute Gasteiger partial charge is 0.430 e. The second kappa shape index (κ2) is 4.85. The van der Waals surface area contributed by atoms with Gasteiger partial charge in [-0.3, -0.25) is 4.79 Å². The summed E-state index contributed by atoms with van der Waals surface area (Å²) in [5.41, 5.74) is 8.83. The summed E-state index contributed by atoms with van der Waals surface area (Å²) in [5, 5.41) is 0. The van der Waals surface area contributed by atoms with E-state index in [2.05, 4.69) is 0 Å². The highest BCUT2D eigenvalue weighted by Gasteiger charge is 2.23. The van der Waals surface area contributed by atoms with Crippen molar-refractivity contribution in [2.45, 2.75) is 13.0 Å². The molecule has 1 aromatic carbocycles. The van der Waals surface area contributed by atoms with Crippen LogP contribution in [0.3, 0.4) is 0 Å². The fourth-order valence-corrected chi connectivity index (χ4v) is 2.47. The predicted molar refractivity (Wildman–Crippen MR) is 74.3 cm³/mol. The van der Waals surface area contributed by atoms with Crippen molar-refractivity contribution < 1.29 is 9.21 Å². The summed E-state index contributed by atoms with van der Waals surface area (Å²) >= 11 is 0. The number of rotatable bonds is 1. The van der Waals surface area contributed by atoms with E-state index in [1.54, 1.807) is 4.90 Å². The van der Waals surface area contributed by atoms with Crippen LogP contribution in [0.4, 0.5) is 5.69 Å². The summed E-state index contributed by atoms with van der Waals surface area (Å²) in [4.78, 5) is 25.0. The minimum Gasteiger partial charge on any atom is -0.430 e. The maximum atomic E-state index is 12.3. The molecule has 2 aromatic rings. The molecular weight excluding hydrogens is 256 g/mol. The number of nitrogens with zero attached hydrogens (tertiary/aromatic N) is 1. The van der Waals surface area contributed by atoms with Crippen molar-refractivity contribution >= 4 is 11.6 Å². The van der Waals surface area contributed by atoms with Crippen LogP contribution in [0.5, 0.6) is 0 Å². The zero-order valence-corrected chi connectivity index (χ0v) is 10.8. The van der Waals surface area contributed by atoms with Gasteiger partial charge in [0, 0.05) is 24.8 Å². The van der Waals surface area contributed by atoms with Crippen molar-refractivity contribution in [1.29, 1.82) is 0 Å². The Kier molecular flexibility index (Phi) is 3.02. The third kappa shape index (κ3) is 2.18. The first-order chi connectivity index (χ1) is 9.65. The third-order valence-corrected chi connectivity index (χ3v) is 3.54. The molecule has 1 amide bonds. The van der Waals surface area contributed by atoms with Crippen molar-refractivity contribution in [3.63, 3.8) is 0 Å². The van der Waals surface area contributed by atoms with Crippen molar-refractivity contribution in [2.75, 3.05) is 12.3 Å². The number of fused-ring (bicyclic) bond motifs is 1. The van der Waals surface area contributed by atoms with Crippen LogP contribution in [0.2, 0.25) is 0 Å². The molecule has 0 aliphatic carbocycles. The summed E-state index contributed by atoms with van der Waals surface area (Å²) in [5.74, 6) is -0.137. The SMILES string of the molecule is Nc1cccc2c1CCN(C(=O)c1ccc(=O)oc1)C2. The minimum atomic E-state index is -0.460. The van der Waals surface area contributed by atoms with Gasteiger partial charge in [-0.15, -0.1) is 0 Å². The predicted octanol–water partition coefficient (Wildman–Crippen LogP) is 1.42. The van der Waals surface area contributed by atoms with Crippen LogP contribution < -0.4 is 11.4 Å². The molecule has 0 spiro atoms. The third-order valence-electron chi connectivity index (χ3n) is 3.54. The van der Waals surface area contributed by atoms with E-state index in [1.165, 1.54) is 18.4 Å².